The Labute approximate surface area is 457 Å². The summed E-state index contributed by atoms with van der Waals surface area (Å²) in [5.74, 6) is 2.06. The van der Waals surface area contributed by atoms with Gasteiger partial charge in [-0.25, -0.2) is 0 Å². The molecule has 0 N–H and O–H groups in total. The van der Waals surface area contributed by atoms with Crippen LogP contribution in [0.1, 0.15) is 36.8 Å². The van der Waals surface area contributed by atoms with Crippen LogP contribution < -0.4 is 0 Å². The average Bonchev–Trinajstić information content (AvgIpc) is 3.78. The molecule has 4 atom stereocenters. The third-order valence-electron chi connectivity index (χ3n) is 19.3. The summed E-state index contributed by atoms with van der Waals surface area (Å²) in [5.41, 5.74) is 26.4. The fraction of sp³-hybridized carbons (Fsp3) is 0.105. The molecule has 2 saturated carbocycles. The van der Waals surface area contributed by atoms with Gasteiger partial charge in [-0.2, -0.15) is 0 Å². The fourth-order valence-electron chi connectivity index (χ4n) is 16.0. The first-order valence-corrected chi connectivity index (χ1v) is 28.4. The highest BCUT2D eigenvalue weighted by Crippen LogP contribution is 2.69. The van der Waals surface area contributed by atoms with Crippen molar-refractivity contribution in [2.75, 3.05) is 0 Å². The number of para-hydroxylation sites is 2. The molecular formula is C76H52N2O. The molecule has 79 heavy (non-hydrogen) atoms. The molecule has 3 nitrogen and oxygen atoms in total. The van der Waals surface area contributed by atoms with Gasteiger partial charge in [0.2, 0.25) is 0 Å². The lowest BCUT2D eigenvalue weighted by Crippen LogP contribution is -2.48. The molecule has 3 bridgehead atoms. The lowest BCUT2D eigenvalue weighted by Gasteiger charge is -2.52. The van der Waals surface area contributed by atoms with Gasteiger partial charge in [-0.3, -0.25) is 0 Å². The van der Waals surface area contributed by atoms with E-state index >= 15 is 0 Å². The maximum atomic E-state index is 6.77. The lowest BCUT2D eigenvalue weighted by atomic mass is 9.51. The summed E-state index contributed by atoms with van der Waals surface area (Å²) in [6, 6.07) is 90.6. The van der Waals surface area contributed by atoms with E-state index in [9.17, 15) is 0 Å². The van der Waals surface area contributed by atoms with Crippen LogP contribution in [0.15, 0.2) is 259 Å². The molecule has 0 aliphatic heterocycles. The Kier molecular flexibility index (Phi) is 9.00. The summed E-state index contributed by atoms with van der Waals surface area (Å²) in [5, 5.41) is 7.22. The molecule has 0 radical (unpaired) electrons. The number of aromatic nitrogens is 2. The van der Waals surface area contributed by atoms with Crippen LogP contribution >= 0.6 is 0 Å². The molecule has 3 aromatic heterocycles. The largest absolute Gasteiger partial charge is 0.456 e. The molecule has 372 valence electrons. The molecule has 4 unspecified atom stereocenters. The SMILES string of the molecule is C1=C2CCC3CC1CC2C31c2ccccc2-c2ccc(-c3ccc4c(c3)oc3ccc(-n5c6ccccc6c6cc(-c7ccc8c(c7)c7ccccc7n8-c7cccc(-c8ccc(-c9ccccc9)cc8)c7)ccc65)cc34)cc21. The summed E-state index contributed by atoms with van der Waals surface area (Å²) < 4.78 is 11.6. The third-order valence-corrected chi connectivity index (χ3v) is 19.3. The van der Waals surface area contributed by atoms with E-state index in [4.69, 9.17) is 4.42 Å². The topological polar surface area (TPSA) is 23.0 Å². The van der Waals surface area contributed by atoms with Gasteiger partial charge >= 0.3 is 0 Å². The first-order valence-electron chi connectivity index (χ1n) is 28.4. The fourth-order valence-corrected chi connectivity index (χ4v) is 16.0. The monoisotopic (exact) mass is 1010 g/mol. The molecule has 18 rings (SSSR count). The molecule has 0 saturated heterocycles. The van der Waals surface area contributed by atoms with Crippen LogP contribution in [0.2, 0.25) is 0 Å². The zero-order valence-electron chi connectivity index (χ0n) is 43.5. The Morgan fingerprint density at radius 2 is 0.924 bits per heavy atom. The van der Waals surface area contributed by atoms with E-state index < -0.39 is 0 Å². The number of nitrogens with zero attached hydrogens (tertiary/aromatic N) is 2. The van der Waals surface area contributed by atoms with E-state index in [1.165, 1.54) is 125 Å². The second-order valence-electron chi connectivity index (χ2n) is 23.1. The summed E-state index contributed by atoms with van der Waals surface area (Å²) >= 11 is 0. The minimum Gasteiger partial charge on any atom is -0.456 e. The van der Waals surface area contributed by atoms with Gasteiger partial charge in [0.1, 0.15) is 11.2 Å². The van der Waals surface area contributed by atoms with E-state index in [0.29, 0.717) is 11.8 Å². The van der Waals surface area contributed by atoms with Crippen molar-refractivity contribution in [2.45, 2.75) is 31.1 Å². The predicted molar refractivity (Wildman–Crippen MR) is 327 cm³/mol. The normalized spacial score (nSPS) is 18.9. The molecule has 0 amide bonds. The van der Waals surface area contributed by atoms with E-state index in [0.717, 1.165) is 39.2 Å². The van der Waals surface area contributed by atoms with Crippen LogP contribution in [0.25, 0.3) is 133 Å². The van der Waals surface area contributed by atoms with Gasteiger partial charge in [-0.15, -0.1) is 0 Å². The van der Waals surface area contributed by atoms with E-state index in [-0.39, 0.29) is 5.41 Å². The van der Waals surface area contributed by atoms with Gasteiger partial charge in [0.25, 0.3) is 0 Å². The smallest absolute Gasteiger partial charge is 0.136 e. The van der Waals surface area contributed by atoms with Crippen molar-refractivity contribution in [1.29, 1.82) is 0 Å². The Balaban J connectivity index is 0.698. The number of hydrogen-bond donors (Lipinski definition) is 0. The number of benzene rings is 11. The minimum atomic E-state index is 0.0810. The van der Waals surface area contributed by atoms with Crippen molar-refractivity contribution in [3.8, 4) is 67.0 Å². The standard InChI is InChI=1S/C76H52N2O/c1-2-11-47(12-3-1)48-21-23-49(24-22-48)50-13-10-14-57(40-50)77-70-19-8-5-16-61(70)64-41-51(28-34-72(64)77)52-29-35-73-65(42-52)62-17-6-9-20-71(62)78(73)58-31-36-74-66(45-58)63-33-27-54(44-75(63)79-74)53-26-32-60-59-15-4-7-18-67(59)76(69(60)43-53)56-30-25-55-37-46(38-56)39-68(55)76/h1-24,26-29,31-37,40-46,56,68H,25,30,38-39H2. The van der Waals surface area contributed by atoms with Gasteiger partial charge in [0.15, 0.2) is 0 Å². The van der Waals surface area contributed by atoms with Gasteiger partial charge in [-0.05, 0) is 195 Å². The van der Waals surface area contributed by atoms with Crippen molar-refractivity contribution in [3.05, 3.63) is 265 Å². The van der Waals surface area contributed by atoms with E-state index in [1.54, 1.807) is 16.7 Å². The Hall–Kier alpha value is -9.44. The molecule has 4 aliphatic carbocycles. The van der Waals surface area contributed by atoms with Crippen LogP contribution in [0.4, 0.5) is 0 Å². The Morgan fingerprint density at radius 1 is 0.354 bits per heavy atom. The van der Waals surface area contributed by atoms with Crippen molar-refractivity contribution in [3.63, 3.8) is 0 Å². The van der Waals surface area contributed by atoms with Crippen molar-refractivity contribution < 1.29 is 4.42 Å². The van der Waals surface area contributed by atoms with E-state index in [2.05, 4.69) is 258 Å². The van der Waals surface area contributed by atoms with Gasteiger partial charge in [-0.1, -0.05) is 169 Å². The second-order valence-corrected chi connectivity index (χ2v) is 23.1. The summed E-state index contributed by atoms with van der Waals surface area (Å²) in [6.45, 7) is 0. The van der Waals surface area contributed by atoms with Crippen LogP contribution in [0, 0.1) is 17.8 Å². The third kappa shape index (κ3) is 6.19. The molecule has 1 spiro atoms. The quantitative estimate of drug-likeness (QED) is 0.152. The highest BCUT2D eigenvalue weighted by atomic mass is 16.3. The van der Waals surface area contributed by atoms with Crippen LogP contribution in [0.5, 0.6) is 0 Å². The molecular weight excluding hydrogens is 957 g/mol. The molecule has 4 aliphatic rings. The molecule has 11 aromatic carbocycles. The predicted octanol–water partition coefficient (Wildman–Crippen LogP) is 20.1. The summed E-state index contributed by atoms with van der Waals surface area (Å²) in [7, 11) is 0. The van der Waals surface area contributed by atoms with Crippen molar-refractivity contribution in [2.24, 2.45) is 17.8 Å². The Morgan fingerprint density at radius 3 is 1.70 bits per heavy atom. The lowest BCUT2D eigenvalue weighted by molar-refractivity contribution is 0.124. The molecule has 3 heterocycles. The van der Waals surface area contributed by atoms with E-state index in [1.807, 2.05) is 0 Å². The van der Waals surface area contributed by atoms with Crippen LogP contribution in [-0.2, 0) is 5.41 Å². The summed E-state index contributed by atoms with van der Waals surface area (Å²) in [4.78, 5) is 0. The highest BCUT2D eigenvalue weighted by molar-refractivity contribution is 6.14. The number of furan rings is 1. The second kappa shape index (κ2) is 16.3. The van der Waals surface area contributed by atoms with Gasteiger partial charge < -0.3 is 13.6 Å². The highest BCUT2D eigenvalue weighted by Gasteiger charge is 2.60. The van der Waals surface area contributed by atoms with Gasteiger partial charge in [0, 0.05) is 49.1 Å². The number of rotatable bonds is 6. The Bertz CT molecular complexity index is 4930. The number of fused-ring (bicyclic) bond motifs is 13. The van der Waals surface area contributed by atoms with Crippen molar-refractivity contribution in [1.82, 2.24) is 9.13 Å². The van der Waals surface area contributed by atoms with Crippen molar-refractivity contribution >= 4 is 65.6 Å². The zero-order chi connectivity index (χ0) is 51.5. The maximum absolute atomic E-state index is 6.77. The zero-order valence-corrected chi connectivity index (χ0v) is 43.5. The minimum absolute atomic E-state index is 0.0810. The summed E-state index contributed by atoms with van der Waals surface area (Å²) in [6.07, 6.45) is 7.88. The van der Waals surface area contributed by atoms with Crippen LogP contribution in [0.3, 0.4) is 0 Å². The first kappa shape index (κ1) is 43.6. The molecule has 2 fully saturated rings. The number of hydrogen-bond acceptors (Lipinski definition) is 1. The van der Waals surface area contributed by atoms with Gasteiger partial charge in [0.05, 0.1) is 22.1 Å². The number of allylic oxidation sites excluding steroid dienone is 2. The molecule has 3 heteroatoms. The average molecular weight is 1010 g/mol. The molecule has 14 aromatic rings. The van der Waals surface area contributed by atoms with Crippen LogP contribution in [-0.4, -0.2) is 9.13 Å². The maximum Gasteiger partial charge on any atom is 0.136 e. The first-order chi connectivity index (χ1) is 39.1.